The average Bonchev–Trinajstić information content (AvgIpc) is 2.41. The van der Waals surface area contributed by atoms with Crippen LogP contribution in [-0.2, 0) is 6.42 Å². The van der Waals surface area contributed by atoms with E-state index in [2.05, 4.69) is 5.32 Å². The van der Waals surface area contributed by atoms with Crippen molar-refractivity contribution >= 4 is 11.6 Å². The van der Waals surface area contributed by atoms with Crippen molar-refractivity contribution in [1.29, 1.82) is 0 Å². The van der Waals surface area contributed by atoms with E-state index in [1.165, 1.54) is 18.2 Å². The first-order valence-corrected chi connectivity index (χ1v) is 7.32. The molecule has 0 radical (unpaired) electrons. The van der Waals surface area contributed by atoms with Gasteiger partial charge in [-0.15, -0.1) is 0 Å². The van der Waals surface area contributed by atoms with Gasteiger partial charge in [-0.2, -0.15) is 0 Å². The summed E-state index contributed by atoms with van der Waals surface area (Å²) in [5.41, 5.74) is 2.44. The summed E-state index contributed by atoms with van der Waals surface area (Å²) in [6.07, 6.45) is 0.596. The molecule has 2 aromatic rings. The molecule has 0 bridgehead atoms. The minimum absolute atomic E-state index is 0.170. The molecule has 21 heavy (non-hydrogen) atoms. The van der Waals surface area contributed by atoms with Crippen molar-refractivity contribution in [2.45, 2.75) is 26.3 Å². The summed E-state index contributed by atoms with van der Waals surface area (Å²) in [5.74, 6) is -0.581. The highest BCUT2D eigenvalue weighted by Crippen LogP contribution is 2.25. The lowest BCUT2D eigenvalue weighted by molar-refractivity contribution is 0.509. The highest BCUT2D eigenvalue weighted by atomic mass is 35.5. The van der Waals surface area contributed by atoms with Gasteiger partial charge in [0.05, 0.1) is 0 Å². The third kappa shape index (κ3) is 4.02. The van der Waals surface area contributed by atoms with Gasteiger partial charge in [-0.3, -0.25) is 0 Å². The number of rotatable bonds is 5. The molecule has 0 amide bonds. The molecule has 0 saturated carbocycles. The van der Waals surface area contributed by atoms with Gasteiger partial charge < -0.3 is 5.32 Å². The Morgan fingerprint density at radius 3 is 2.52 bits per heavy atom. The van der Waals surface area contributed by atoms with Crippen LogP contribution in [0, 0.1) is 18.6 Å². The standard InChI is InChI=1S/C17H18ClF2N/c1-3-21-17(15-7-5-13(18)10-16(15)20)9-12-4-6-14(19)8-11(12)2/h4-8,10,17,21H,3,9H2,1-2H3. The quantitative estimate of drug-likeness (QED) is 0.835. The Balaban J connectivity index is 2.30. The maximum atomic E-state index is 14.1. The molecule has 0 heterocycles. The Hall–Kier alpha value is -1.45. The fourth-order valence-electron chi connectivity index (χ4n) is 2.43. The first kappa shape index (κ1) is 15.9. The number of nitrogens with one attached hydrogen (secondary N) is 1. The van der Waals surface area contributed by atoms with Crippen LogP contribution in [-0.4, -0.2) is 6.54 Å². The molecule has 2 aromatic carbocycles. The van der Waals surface area contributed by atoms with Gasteiger partial charge >= 0.3 is 0 Å². The molecule has 0 fully saturated rings. The first-order chi connectivity index (χ1) is 10.0. The topological polar surface area (TPSA) is 12.0 Å². The van der Waals surface area contributed by atoms with E-state index < -0.39 is 0 Å². The number of hydrogen-bond donors (Lipinski definition) is 1. The van der Waals surface area contributed by atoms with Crippen molar-refractivity contribution in [3.05, 3.63) is 69.7 Å². The van der Waals surface area contributed by atoms with Crippen LogP contribution in [0.4, 0.5) is 8.78 Å². The third-order valence-corrected chi connectivity index (χ3v) is 3.75. The largest absolute Gasteiger partial charge is 0.310 e. The Kier molecular flexibility index (Phi) is 5.32. The fourth-order valence-corrected chi connectivity index (χ4v) is 2.59. The van der Waals surface area contributed by atoms with E-state index in [0.29, 0.717) is 23.6 Å². The molecule has 1 atom stereocenters. The molecule has 0 spiro atoms. The van der Waals surface area contributed by atoms with Gasteiger partial charge in [-0.25, -0.2) is 8.78 Å². The zero-order chi connectivity index (χ0) is 15.4. The summed E-state index contributed by atoms with van der Waals surface area (Å²) in [6.45, 7) is 4.55. The Morgan fingerprint density at radius 1 is 1.14 bits per heavy atom. The van der Waals surface area contributed by atoms with Crippen LogP contribution in [0.2, 0.25) is 5.02 Å². The van der Waals surface area contributed by atoms with Gasteiger partial charge in [0.25, 0.3) is 0 Å². The van der Waals surface area contributed by atoms with Crippen molar-refractivity contribution < 1.29 is 8.78 Å². The summed E-state index contributed by atoms with van der Waals surface area (Å²) in [7, 11) is 0. The maximum absolute atomic E-state index is 14.1. The molecule has 2 rings (SSSR count). The molecular weight excluding hydrogens is 292 g/mol. The molecule has 0 aliphatic rings. The summed E-state index contributed by atoms with van der Waals surface area (Å²) >= 11 is 5.80. The monoisotopic (exact) mass is 309 g/mol. The number of benzene rings is 2. The Morgan fingerprint density at radius 2 is 1.90 bits per heavy atom. The molecule has 0 aliphatic heterocycles. The minimum atomic E-state index is -0.326. The molecule has 4 heteroatoms. The molecule has 0 saturated heterocycles. The number of hydrogen-bond acceptors (Lipinski definition) is 1. The van der Waals surface area contributed by atoms with Crippen LogP contribution in [0.25, 0.3) is 0 Å². The van der Waals surface area contributed by atoms with Crippen LogP contribution >= 0.6 is 11.6 Å². The van der Waals surface area contributed by atoms with Crippen LogP contribution in [0.3, 0.4) is 0 Å². The van der Waals surface area contributed by atoms with Crippen molar-refractivity contribution in [3.63, 3.8) is 0 Å². The van der Waals surface area contributed by atoms with Gasteiger partial charge in [-0.1, -0.05) is 30.7 Å². The van der Waals surface area contributed by atoms with Crippen LogP contribution in [0.5, 0.6) is 0 Å². The predicted octanol–water partition coefficient (Wildman–Crippen LogP) is 4.82. The maximum Gasteiger partial charge on any atom is 0.129 e. The summed E-state index contributed by atoms with van der Waals surface area (Å²) in [4.78, 5) is 0. The van der Waals surface area contributed by atoms with Crippen molar-refractivity contribution in [1.82, 2.24) is 5.32 Å². The molecule has 1 N–H and O–H groups in total. The summed E-state index contributed by atoms with van der Waals surface area (Å²) in [5, 5.41) is 3.65. The van der Waals surface area contributed by atoms with E-state index in [9.17, 15) is 8.78 Å². The number of halogens is 3. The smallest absolute Gasteiger partial charge is 0.129 e. The van der Waals surface area contributed by atoms with Gasteiger partial charge in [0.2, 0.25) is 0 Å². The van der Waals surface area contributed by atoms with Gasteiger partial charge in [-0.05, 0) is 55.3 Å². The average molecular weight is 310 g/mol. The van der Waals surface area contributed by atoms with E-state index in [0.717, 1.165) is 11.1 Å². The first-order valence-electron chi connectivity index (χ1n) is 6.94. The lowest BCUT2D eigenvalue weighted by Crippen LogP contribution is -2.24. The summed E-state index contributed by atoms with van der Waals surface area (Å²) < 4.78 is 27.3. The highest BCUT2D eigenvalue weighted by Gasteiger charge is 2.17. The highest BCUT2D eigenvalue weighted by molar-refractivity contribution is 6.30. The molecule has 0 aromatic heterocycles. The minimum Gasteiger partial charge on any atom is -0.310 e. The van der Waals surface area contributed by atoms with Crippen molar-refractivity contribution in [2.24, 2.45) is 0 Å². The lowest BCUT2D eigenvalue weighted by atomic mass is 9.95. The van der Waals surface area contributed by atoms with E-state index in [-0.39, 0.29) is 17.7 Å². The van der Waals surface area contributed by atoms with E-state index in [1.807, 2.05) is 13.8 Å². The Labute approximate surface area is 128 Å². The van der Waals surface area contributed by atoms with Gasteiger partial charge in [0.1, 0.15) is 11.6 Å². The fraction of sp³-hybridized carbons (Fsp3) is 0.294. The second-order valence-electron chi connectivity index (χ2n) is 5.05. The SMILES string of the molecule is CCNC(Cc1ccc(F)cc1C)c1ccc(Cl)cc1F. The third-order valence-electron chi connectivity index (χ3n) is 3.52. The van der Waals surface area contributed by atoms with E-state index in [4.69, 9.17) is 11.6 Å². The zero-order valence-corrected chi connectivity index (χ0v) is 12.8. The second-order valence-corrected chi connectivity index (χ2v) is 5.49. The molecule has 1 nitrogen and oxygen atoms in total. The second kappa shape index (κ2) is 7.01. The molecule has 1 unspecified atom stereocenters. The van der Waals surface area contributed by atoms with Crippen LogP contribution in [0.15, 0.2) is 36.4 Å². The normalized spacial score (nSPS) is 12.4. The zero-order valence-electron chi connectivity index (χ0n) is 12.1. The predicted molar refractivity (Wildman–Crippen MR) is 82.7 cm³/mol. The van der Waals surface area contributed by atoms with Crippen molar-refractivity contribution in [2.75, 3.05) is 6.54 Å². The molecule has 0 aliphatic carbocycles. The van der Waals surface area contributed by atoms with Gasteiger partial charge in [0, 0.05) is 16.6 Å². The Bertz CT molecular complexity index is 628. The number of aryl methyl sites for hydroxylation is 1. The van der Waals surface area contributed by atoms with Crippen molar-refractivity contribution in [3.8, 4) is 0 Å². The number of likely N-dealkylation sites (N-methyl/N-ethyl adjacent to an activating group) is 1. The molecule has 112 valence electrons. The van der Waals surface area contributed by atoms with E-state index in [1.54, 1.807) is 18.2 Å². The van der Waals surface area contributed by atoms with Crippen LogP contribution < -0.4 is 5.32 Å². The summed E-state index contributed by atoms with van der Waals surface area (Å²) in [6, 6.07) is 9.21. The molecular formula is C17H18ClF2N. The van der Waals surface area contributed by atoms with Gasteiger partial charge in [0.15, 0.2) is 0 Å². The lowest BCUT2D eigenvalue weighted by Gasteiger charge is -2.20. The van der Waals surface area contributed by atoms with Crippen LogP contribution in [0.1, 0.15) is 29.7 Å². The van der Waals surface area contributed by atoms with E-state index >= 15 is 0 Å².